The molecule has 0 spiro atoms. The van der Waals surface area contributed by atoms with Crippen molar-refractivity contribution in [2.75, 3.05) is 36.5 Å². The first-order chi connectivity index (χ1) is 17.4. The van der Waals surface area contributed by atoms with Crippen LogP contribution in [-0.4, -0.2) is 42.2 Å². The highest BCUT2D eigenvalue weighted by atomic mass is 35.5. The molecule has 1 aliphatic rings. The van der Waals surface area contributed by atoms with E-state index in [4.69, 9.17) is 21.1 Å². The van der Waals surface area contributed by atoms with E-state index in [0.29, 0.717) is 43.2 Å². The molecule has 1 amide bonds. The van der Waals surface area contributed by atoms with Crippen LogP contribution in [0.2, 0.25) is 5.02 Å². The van der Waals surface area contributed by atoms with Gasteiger partial charge >= 0.3 is 0 Å². The Hall–Kier alpha value is -3.89. The van der Waals surface area contributed by atoms with Gasteiger partial charge in [0.2, 0.25) is 5.82 Å². The van der Waals surface area contributed by atoms with Crippen LogP contribution in [0, 0.1) is 17.5 Å². The number of morpholine rings is 1. The Kier molecular flexibility index (Phi) is 6.62. The van der Waals surface area contributed by atoms with Gasteiger partial charge in [0, 0.05) is 42.5 Å². The summed E-state index contributed by atoms with van der Waals surface area (Å²) in [6.45, 7) is 2.55. The number of amides is 1. The standard InChI is InChI=1S/C25H18ClF3N4O3/c26-17-3-1-14(9-18(17)27)25(34)31-15-10-19(28)24(29)22(11-15)36-16-2-4-20-21(12-16)32-23(13-30-20)33-5-7-35-8-6-33/h1-4,9-13H,5-8H2,(H,31,34). The fourth-order valence-electron chi connectivity index (χ4n) is 3.67. The minimum absolute atomic E-state index is 0.0479. The minimum Gasteiger partial charge on any atom is -0.454 e. The van der Waals surface area contributed by atoms with Crippen molar-refractivity contribution >= 4 is 40.0 Å². The van der Waals surface area contributed by atoms with E-state index in [0.717, 1.165) is 18.2 Å². The second-order valence-corrected chi connectivity index (χ2v) is 8.34. The lowest BCUT2D eigenvalue weighted by atomic mass is 10.2. The number of carbonyl (C=O) groups is 1. The van der Waals surface area contributed by atoms with Crippen LogP contribution in [0.15, 0.2) is 54.7 Å². The van der Waals surface area contributed by atoms with Crippen molar-refractivity contribution in [3.63, 3.8) is 0 Å². The summed E-state index contributed by atoms with van der Waals surface area (Å²) in [6, 6.07) is 10.1. The van der Waals surface area contributed by atoms with Gasteiger partial charge in [-0.25, -0.2) is 13.8 Å². The summed E-state index contributed by atoms with van der Waals surface area (Å²) in [6.07, 6.45) is 1.67. The zero-order valence-electron chi connectivity index (χ0n) is 18.6. The molecule has 184 valence electrons. The Labute approximate surface area is 208 Å². The Morgan fingerprint density at radius 2 is 1.81 bits per heavy atom. The number of ether oxygens (including phenoxy) is 2. The number of benzene rings is 3. The van der Waals surface area contributed by atoms with E-state index in [1.165, 1.54) is 12.1 Å². The average molecular weight is 515 g/mol. The van der Waals surface area contributed by atoms with Gasteiger partial charge in [-0.05, 0) is 30.3 Å². The first kappa shape index (κ1) is 23.8. The number of nitrogens with one attached hydrogen (secondary N) is 1. The largest absolute Gasteiger partial charge is 0.454 e. The molecule has 0 aliphatic carbocycles. The molecule has 0 unspecified atom stereocenters. The highest BCUT2D eigenvalue weighted by Gasteiger charge is 2.17. The van der Waals surface area contributed by atoms with Gasteiger partial charge in [0.25, 0.3) is 5.91 Å². The lowest BCUT2D eigenvalue weighted by molar-refractivity contribution is 0.102. The highest BCUT2D eigenvalue weighted by Crippen LogP contribution is 2.31. The van der Waals surface area contributed by atoms with Crippen molar-refractivity contribution in [2.45, 2.75) is 0 Å². The summed E-state index contributed by atoms with van der Waals surface area (Å²) < 4.78 is 53.5. The van der Waals surface area contributed by atoms with Crippen molar-refractivity contribution in [1.29, 1.82) is 0 Å². The molecule has 0 saturated carbocycles. The molecule has 0 bridgehead atoms. The monoisotopic (exact) mass is 514 g/mol. The van der Waals surface area contributed by atoms with Crippen LogP contribution in [0.5, 0.6) is 11.5 Å². The van der Waals surface area contributed by atoms with E-state index < -0.39 is 29.1 Å². The summed E-state index contributed by atoms with van der Waals surface area (Å²) in [4.78, 5) is 23.5. The average Bonchev–Trinajstić information content (AvgIpc) is 2.88. The normalized spacial score (nSPS) is 13.6. The molecule has 5 rings (SSSR count). The molecule has 1 aromatic heterocycles. The van der Waals surface area contributed by atoms with E-state index in [1.807, 2.05) is 4.90 Å². The minimum atomic E-state index is -1.24. The zero-order chi connectivity index (χ0) is 25.2. The van der Waals surface area contributed by atoms with Crippen LogP contribution in [0.1, 0.15) is 10.4 Å². The molecule has 1 fully saturated rings. The number of halogens is 4. The van der Waals surface area contributed by atoms with Crippen LogP contribution >= 0.6 is 11.6 Å². The van der Waals surface area contributed by atoms with Gasteiger partial charge in [-0.1, -0.05) is 11.6 Å². The molecule has 2 heterocycles. The van der Waals surface area contributed by atoms with E-state index in [9.17, 15) is 18.0 Å². The summed E-state index contributed by atoms with van der Waals surface area (Å²) in [7, 11) is 0. The molecule has 7 nitrogen and oxygen atoms in total. The molecule has 3 aromatic carbocycles. The van der Waals surface area contributed by atoms with E-state index >= 15 is 0 Å². The molecule has 1 aliphatic heterocycles. The maximum absolute atomic E-state index is 14.5. The summed E-state index contributed by atoms with van der Waals surface area (Å²) >= 11 is 5.64. The zero-order valence-corrected chi connectivity index (χ0v) is 19.4. The van der Waals surface area contributed by atoms with Crippen molar-refractivity contribution < 1.29 is 27.4 Å². The van der Waals surface area contributed by atoms with Crippen LogP contribution in [0.4, 0.5) is 24.7 Å². The quantitative estimate of drug-likeness (QED) is 0.374. The van der Waals surface area contributed by atoms with Crippen molar-refractivity contribution in [3.8, 4) is 11.5 Å². The summed E-state index contributed by atoms with van der Waals surface area (Å²) in [5, 5.41) is 2.25. The van der Waals surface area contributed by atoms with Gasteiger partial charge < -0.3 is 19.7 Å². The maximum Gasteiger partial charge on any atom is 0.255 e. The fraction of sp³-hybridized carbons (Fsp3) is 0.160. The Balaban J connectivity index is 1.39. The SMILES string of the molecule is O=C(Nc1cc(F)c(F)c(Oc2ccc3ncc(N4CCOCC4)nc3c2)c1)c1ccc(Cl)c(F)c1. The number of nitrogens with zero attached hydrogens (tertiary/aromatic N) is 3. The lowest BCUT2D eigenvalue weighted by Crippen LogP contribution is -2.36. The number of fused-ring (bicyclic) bond motifs is 1. The number of hydrogen-bond donors (Lipinski definition) is 1. The molecule has 0 radical (unpaired) electrons. The maximum atomic E-state index is 14.5. The number of rotatable bonds is 5. The van der Waals surface area contributed by atoms with E-state index in [-0.39, 0.29) is 22.0 Å². The van der Waals surface area contributed by atoms with E-state index in [1.54, 1.807) is 24.4 Å². The Bertz CT molecular complexity index is 1460. The van der Waals surface area contributed by atoms with Gasteiger partial charge in [0.05, 0.1) is 35.5 Å². The predicted molar refractivity (Wildman–Crippen MR) is 128 cm³/mol. The predicted octanol–water partition coefficient (Wildman–Crippen LogP) is 5.58. The van der Waals surface area contributed by atoms with Gasteiger partial charge in [-0.3, -0.25) is 9.78 Å². The first-order valence-electron chi connectivity index (χ1n) is 10.9. The topological polar surface area (TPSA) is 76.6 Å². The number of anilines is 2. The summed E-state index contributed by atoms with van der Waals surface area (Å²) in [5.74, 6) is -3.58. The van der Waals surface area contributed by atoms with Crippen LogP contribution < -0.4 is 15.0 Å². The van der Waals surface area contributed by atoms with Crippen LogP contribution in [-0.2, 0) is 4.74 Å². The van der Waals surface area contributed by atoms with Crippen molar-refractivity contribution in [3.05, 3.63) is 82.8 Å². The molecule has 1 saturated heterocycles. The molecular weight excluding hydrogens is 497 g/mol. The van der Waals surface area contributed by atoms with Crippen LogP contribution in [0.3, 0.4) is 0 Å². The van der Waals surface area contributed by atoms with Crippen molar-refractivity contribution in [2.24, 2.45) is 0 Å². The third-order valence-corrected chi connectivity index (χ3v) is 5.80. The molecule has 1 N–H and O–H groups in total. The smallest absolute Gasteiger partial charge is 0.255 e. The second kappa shape index (κ2) is 10.00. The third kappa shape index (κ3) is 5.05. The van der Waals surface area contributed by atoms with E-state index in [2.05, 4.69) is 15.3 Å². The number of aromatic nitrogens is 2. The number of hydrogen-bond acceptors (Lipinski definition) is 6. The molecule has 36 heavy (non-hydrogen) atoms. The van der Waals surface area contributed by atoms with Crippen molar-refractivity contribution in [1.82, 2.24) is 9.97 Å². The fourth-order valence-corrected chi connectivity index (χ4v) is 3.79. The second-order valence-electron chi connectivity index (χ2n) is 7.93. The first-order valence-corrected chi connectivity index (χ1v) is 11.3. The Morgan fingerprint density at radius 1 is 1.00 bits per heavy atom. The van der Waals surface area contributed by atoms with Crippen LogP contribution in [0.25, 0.3) is 11.0 Å². The lowest BCUT2D eigenvalue weighted by Gasteiger charge is -2.27. The highest BCUT2D eigenvalue weighted by molar-refractivity contribution is 6.30. The molecule has 0 atom stereocenters. The molecule has 11 heteroatoms. The van der Waals surface area contributed by atoms with Gasteiger partial charge in [-0.2, -0.15) is 4.39 Å². The third-order valence-electron chi connectivity index (χ3n) is 5.50. The van der Waals surface area contributed by atoms with Gasteiger partial charge in [-0.15, -0.1) is 0 Å². The Morgan fingerprint density at radius 3 is 2.58 bits per heavy atom. The van der Waals surface area contributed by atoms with Gasteiger partial charge in [0.15, 0.2) is 11.6 Å². The summed E-state index contributed by atoms with van der Waals surface area (Å²) in [5.41, 5.74) is 0.974. The number of carbonyl (C=O) groups excluding carboxylic acids is 1. The van der Waals surface area contributed by atoms with Gasteiger partial charge in [0.1, 0.15) is 17.4 Å². The molecule has 4 aromatic rings. The molecular formula is C25H18ClF3N4O3.